The summed E-state index contributed by atoms with van der Waals surface area (Å²) < 4.78 is 10.8. The maximum absolute atomic E-state index is 5.93. The van der Waals surface area contributed by atoms with E-state index in [0.717, 1.165) is 40.0 Å². The maximum atomic E-state index is 5.93. The zero-order chi connectivity index (χ0) is 13.7. The van der Waals surface area contributed by atoms with Gasteiger partial charge in [0.2, 0.25) is 0 Å². The van der Waals surface area contributed by atoms with Crippen LogP contribution < -0.4 is 4.74 Å². The number of fused-ring (bicyclic) bond motifs is 1. The van der Waals surface area contributed by atoms with Crippen LogP contribution in [0.3, 0.4) is 0 Å². The second kappa shape index (κ2) is 4.34. The third kappa shape index (κ3) is 1.83. The van der Waals surface area contributed by atoms with Crippen LogP contribution in [-0.4, -0.2) is 25.3 Å². The molecule has 0 bridgehead atoms. The molecule has 3 aromatic rings. The van der Waals surface area contributed by atoms with E-state index in [1.54, 1.807) is 6.20 Å². The molecule has 3 aromatic heterocycles. The van der Waals surface area contributed by atoms with Crippen LogP contribution in [0, 0.1) is 0 Å². The standard InChI is InChI=1S/C14H13BrN4O/c1-18-14(10(15)6-17-18)11-4-5-13(20-9-2-3-9)12-7-16-8-19(11)12/h4-9H,2-3H2,1H3. The summed E-state index contributed by atoms with van der Waals surface area (Å²) in [6.45, 7) is 0. The number of halogens is 1. The van der Waals surface area contributed by atoms with Gasteiger partial charge < -0.3 is 4.74 Å². The SMILES string of the molecule is Cn1ncc(Br)c1-c1ccc(OC2CC2)c2cncn12. The quantitative estimate of drug-likeness (QED) is 0.740. The highest BCUT2D eigenvalue weighted by Crippen LogP contribution is 2.34. The van der Waals surface area contributed by atoms with E-state index in [1.165, 1.54) is 0 Å². The predicted molar refractivity (Wildman–Crippen MR) is 78.7 cm³/mol. The van der Waals surface area contributed by atoms with Gasteiger partial charge in [0.05, 0.1) is 40.7 Å². The Morgan fingerprint density at radius 2 is 2.15 bits per heavy atom. The molecule has 0 amide bonds. The van der Waals surface area contributed by atoms with Crippen LogP contribution in [-0.2, 0) is 7.05 Å². The van der Waals surface area contributed by atoms with Crippen molar-refractivity contribution in [2.45, 2.75) is 18.9 Å². The molecule has 3 heterocycles. The maximum Gasteiger partial charge on any atom is 0.145 e. The number of ether oxygens (including phenoxy) is 1. The monoisotopic (exact) mass is 332 g/mol. The third-order valence-corrected chi connectivity index (χ3v) is 4.08. The van der Waals surface area contributed by atoms with Crippen molar-refractivity contribution in [3.8, 4) is 17.1 Å². The highest BCUT2D eigenvalue weighted by Gasteiger charge is 2.25. The molecule has 0 aliphatic heterocycles. The Kier molecular flexibility index (Phi) is 2.60. The van der Waals surface area contributed by atoms with Crippen LogP contribution in [0.1, 0.15) is 12.8 Å². The predicted octanol–water partition coefficient (Wildman–Crippen LogP) is 3.04. The van der Waals surface area contributed by atoms with E-state index in [-0.39, 0.29) is 0 Å². The van der Waals surface area contributed by atoms with Gasteiger partial charge in [0, 0.05) is 7.05 Å². The summed E-state index contributed by atoms with van der Waals surface area (Å²) in [6.07, 6.45) is 8.12. The van der Waals surface area contributed by atoms with Crippen LogP contribution in [0.15, 0.2) is 35.3 Å². The summed E-state index contributed by atoms with van der Waals surface area (Å²) in [7, 11) is 1.93. The molecule has 102 valence electrons. The Bertz CT molecular complexity index is 768. The summed E-state index contributed by atoms with van der Waals surface area (Å²) >= 11 is 3.55. The Labute approximate surface area is 124 Å². The number of aromatic nitrogens is 4. The van der Waals surface area contributed by atoms with Crippen molar-refractivity contribution in [3.63, 3.8) is 0 Å². The summed E-state index contributed by atoms with van der Waals surface area (Å²) in [5, 5.41) is 4.27. The van der Waals surface area contributed by atoms with Crippen molar-refractivity contribution >= 4 is 21.4 Å². The van der Waals surface area contributed by atoms with E-state index < -0.39 is 0 Å². The normalized spacial score (nSPS) is 14.9. The Hall–Kier alpha value is -1.82. The average molecular weight is 333 g/mol. The molecular formula is C14H13BrN4O. The molecular weight excluding hydrogens is 320 g/mol. The molecule has 20 heavy (non-hydrogen) atoms. The molecule has 5 nitrogen and oxygen atoms in total. The highest BCUT2D eigenvalue weighted by molar-refractivity contribution is 9.10. The summed E-state index contributed by atoms with van der Waals surface area (Å²) in [5.74, 6) is 0.895. The van der Waals surface area contributed by atoms with Crippen LogP contribution in [0.25, 0.3) is 16.9 Å². The smallest absolute Gasteiger partial charge is 0.145 e. The van der Waals surface area contributed by atoms with Crippen LogP contribution in [0.4, 0.5) is 0 Å². The van der Waals surface area contributed by atoms with Gasteiger partial charge in [-0.15, -0.1) is 0 Å². The number of pyridine rings is 1. The topological polar surface area (TPSA) is 44.3 Å². The zero-order valence-electron chi connectivity index (χ0n) is 11.0. The first kappa shape index (κ1) is 12.0. The number of imidazole rings is 1. The Balaban J connectivity index is 1.91. The van der Waals surface area contributed by atoms with Crippen LogP contribution in [0.2, 0.25) is 0 Å². The van der Waals surface area contributed by atoms with E-state index >= 15 is 0 Å². The Morgan fingerprint density at radius 3 is 2.85 bits per heavy atom. The largest absolute Gasteiger partial charge is 0.488 e. The van der Waals surface area contributed by atoms with Crippen molar-refractivity contribution in [3.05, 3.63) is 35.3 Å². The van der Waals surface area contributed by atoms with Crippen molar-refractivity contribution in [1.29, 1.82) is 0 Å². The van der Waals surface area contributed by atoms with Gasteiger partial charge >= 0.3 is 0 Å². The minimum absolute atomic E-state index is 0.378. The van der Waals surface area contributed by atoms with E-state index in [0.29, 0.717) is 6.10 Å². The molecule has 0 unspecified atom stereocenters. The first-order valence-electron chi connectivity index (χ1n) is 6.53. The lowest BCUT2D eigenvalue weighted by Crippen LogP contribution is -2.02. The van der Waals surface area contributed by atoms with Gasteiger partial charge in [-0.05, 0) is 40.9 Å². The fourth-order valence-electron chi connectivity index (χ4n) is 2.35. The van der Waals surface area contributed by atoms with Gasteiger partial charge in [0.25, 0.3) is 0 Å². The first-order chi connectivity index (χ1) is 9.74. The molecule has 0 atom stereocenters. The molecule has 0 aromatic carbocycles. The van der Waals surface area contributed by atoms with Crippen molar-refractivity contribution in [2.75, 3.05) is 0 Å². The van der Waals surface area contributed by atoms with Gasteiger partial charge in [-0.25, -0.2) is 4.98 Å². The van der Waals surface area contributed by atoms with Crippen molar-refractivity contribution < 1.29 is 4.74 Å². The third-order valence-electron chi connectivity index (χ3n) is 3.50. The fraction of sp³-hybridized carbons (Fsp3) is 0.286. The van der Waals surface area contributed by atoms with Gasteiger partial charge in [0.1, 0.15) is 11.3 Å². The van der Waals surface area contributed by atoms with Gasteiger partial charge in [-0.2, -0.15) is 5.10 Å². The second-order valence-electron chi connectivity index (χ2n) is 5.01. The number of hydrogen-bond acceptors (Lipinski definition) is 3. The molecule has 0 N–H and O–H groups in total. The summed E-state index contributed by atoms with van der Waals surface area (Å²) in [6, 6.07) is 4.07. The number of nitrogens with zero attached hydrogens (tertiary/aromatic N) is 4. The lowest BCUT2D eigenvalue weighted by atomic mass is 10.2. The zero-order valence-corrected chi connectivity index (χ0v) is 12.5. The van der Waals surface area contributed by atoms with Gasteiger partial charge in [-0.3, -0.25) is 9.08 Å². The van der Waals surface area contributed by atoms with E-state index in [4.69, 9.17) is 4.74 Å². The van der Waals surface area contributed by atoms with E-state index in [2.05, 4.69) is 26.0 Å². The van der Waals surface area contributed by atoms with Crippen LogP contribution in [0.5, 0.6) is 5.75 Å². The lowest BCUT2D eigenvalue weighted by molar-refractivity contribution is 0.306. The van der Waals surface area contributed by atoms with Gasteiger partial charge in [0.15, 0.2) is 0 Å². The molecule has 0 radical (unpaired) electrons. The lowest BCUT2D eigenvalue weighted by Gasteiger charge is -2.11. The summed E-state index contributed by atoms with van der Waals surface area (Å²) in [5.41, 5.74) is 3.04. The van der Waals surface area contributed by atoms with Crippen molar-refractivity contribution in [2.24, 2.45) is 7.05 Å². The van der Waals surface area contributed by atoms with E-state index in [9.17, 15) is 0 Å². The second-order valence-corrected chi connectivity index (χ2v) is 5.87. The molecule has 0 spiro atoms. The molecule has 1 fully saturated rings. The Morgan fingerprint density at radius 1 is 1.30 bits per heavy atom. The molecule has 0 saturated heterocycles. The molecule has 1 aliphatic rings. The minimum atomic E-state index is 0.378. The van der Waals surface area contributed by atoms with E-state index in [1.807, 2.05) is 40.8 Å². The number of rotatable bonds is 3. The number of aryl methyl sites for hydroxylation is 1. The molecule has 6 heteroatoms. The fourth-order valence-corrected chi connectivity index (χ4v) is 2.90. The highest BCUT2D eigenvalue weighted by atomic mass is 79.9. The average Bonchev–Trinajstić information content (AvgIpc) is 2.99. The molecule has 1 aliphatic carbocycles. The molecule has 4 rings (SSSR count). The van der Waals surface area contributed by atoms with Crippen molar-refractivity contribution in [1.82, 2.24) is 19.2 Å². The van der Waals surface area contributed by atoms with Gasteiger partial charge in [-0.1, -0.05) is 0 Å². The molecule has 1 saturated carbocycles. The number of hydrogen-bond donors (Lipinski definition) is 0. The first-order valence-corrected chi connectivity index (χ1v) is 7.33. The minimum Gasteiger partial charge on any atom is -0.488 e. The van der Waals surface area contributed by atoms with Crippen LogP contribution >= 0.6 is 15.9 Å². The summed E-state index contributed by atoms with van der Waals surface area (Å²) in [4.78, 5) is 4.26.